The molecule has 1 N–H and O–H groups in total. The minimum atomic E-state index is -1.16. The zero-order valence-corrected chi connectivity index (χ0v) is 12.6. The lowest BCUT2D eigenvalue weighted by Crippen LogP contribution is -2.45. The Morgan fingerprint density at radius 1 is 1.32 bits per heavy atom. The summed E-state index contributed by atoms with van der Waals surface area (Å²) in [6.07, 6.45) is 0.659. The molecule has 0 spiro atoms. The number of hydrogen-bond acceptors (Lipinski definition) is 4. The highest BCUT2D eigenvalue weighted by molar-refractivity contribution is 6.01. The molecule has 1 aliphatic rings. The van der Waals surface area contributed by atoms with E-state index in [0.29, 0.717) is 5.56 Å². The molecular weight excluding hydrogens is 289 g/mol. The molecule has 0 aromatic heterocycles. The van der Waals surface area contributed by atoms with Crippen molar-refractivity contribution in [2.45, 2.75) is 38.5 Å². The van der Waals surface area contributed by atoms with Crippen LogP contribution < -0.4 is 0 Å². The van der Waals surface area contributed by atoms with Crippen molar-refractivity contribution in [2.75, 3.05) is 0 Å². The van der Waals surface area contributed by atoms with Gasteiger partial charge in [-0.2, -0.15) is 0 Å². The molecule has 0 fully saturated rings. The van der Waals surface area contributed by atoms with Gasteiger partial charge < -0.3 is 9.84 Å². The van der Waals surface area contributed by atoms with E-state index in [-0.39, 0.29) is 0 Å². The van der Waals surface area contributed by atoms with Crippen molar-refractivity contribution in [3.8, 4) is 0 Å². The standard InChI is InChI=1S/C16H18FNO4/c1-16(2,3)22-15(21)18-12(8-9-13(18)19)14(20)10-4-6-11(17)7-5-10/h4-9,12,14,20H,1-3H3/t12-,14+/m1/s1. The molecule has 2 amide bonds. The van der Waals surface area contributed by atoms with Gasteiger partial charge in [0.05, 0.1) is 6.04 Å². The Bertz CT molecular complexity index is 604. The van der Waals surface area contributed by atoms with Gasteiger partial charge in [-0.05, 0) is 38.5 Å². The van der Waals surface area contributed by atoms with E-state index in [1.807, 2.05) is 0 Å². The number of hydrogen-bond donors (Lipinski definition) is 1. The third-order valence-corrected chi connectivity index (χ3v) is 3.10. The second-order valence-electron chi connectivity index (χ2n) is 6.03. The third kappa shape index (κ3) is 3.51. The predicted molar refractivity (Wildman–Crippen MR) is 77.4 cm³/mol. The molecule has 0 aliphatic carbocycles. The van der Waals surface area contributed by atoms with E-state index >= 15 is 0 Å². The fourth-order valence-corrected chi connectivity index (χ4v) is 2.12. The van der Waals surface area contributed by atoms with Crippen molar-refractivity contribution in [1.82, 2.24) is 4.90 Å². The van der Waals surface area contributed by atoms with Gasteiger partial charge in [-0.3, -0.25) is 4.79 Å². The molecule has 0 unspecified atom stereocenters. The molecule has 22 heavy (non-hydrogen) atoms. The fraction of sp³-hybridized carbons (Fsp3) is 0.375. The van der Waals surface area contributed by atoms with Crippen LogP contribution in [0.5, 0.6) is 0 Å². The van der Waals surface area contributed by atoms with Crippen molar-refractivity contribution < 1.29 is 23.8 Å². The smallest absolute Gasteiger partial charge is 0.417 e. The highest BCUT2D eigenvalue weighted by atomic mass is 19.1. The Morgan fingerprint density at radius 3 is 2.45 bits per heavy atom. The Balaban J connectivity index is 2.21. The van der Waals surface area contributed by atoms with Crippen molar-refractivity contribution in [3.05, 3.63) is 47.8 Å². The molecular formula is C16H18FNO4. The summed E-state index contributed by atoms with van der Waals surface area (Å²) < 4.78 is 18.1. The maximum Gasteiger partial charge on any atom is 0.417 e. The molecule has 1 heterocycles. The first-order chi connectivity index (χ1) is 10.2. The van der Waals surface area contributed by atoms with Gasteiger partial charge in [0.25, 0.3) is 5.91 Å². The fourth-order valence-electron chi connectivity index (χ4n) is 2.12. The maximum atomic E-state index is 12.9. The first-order valence-corrected chi connectivity index (χ1v) is 6.87. The largest absolute Gasteiger partial charge is 0.443 e. The van der Waals surface area contributed by atoms with Crippen LogP contribution in [0.2, 0.25) is 0 Å². The summed E-state index contributed by atoms with van der Waals surface area (Å²) in [7, 11) is 0. The van der Waals surface area contributed by atoms with Gasteiger partial charge in [-0.15, -0.1) is 0 Å². The number of carbonyl (C=O) groups excluding carboxylic acids is 2. The monoisotopic (exact) mass is 307 g/mol. The molecule has 1 aliphatic heterocycles. The van der Waals surface area contributed by atoms with Crippen LogP contribution in [0.1, 0.15) is 32.4 Å². The first-order valence-electron chi connectivity index (χ1n) is 6.87. The van der Waals surface area contributed by atoms with Crippen LogP contribution in [0, 0.1) is 5.82 Å². The molecule has 0 saturated carbocycles. The van der Waals surface area contributed by atoms with E-state index in [1.54, 1.807) is 20.8 Å². The van der Waals surface area contributed by atoms with Crippen molar-refractivity contribution >= 4 is 12.0 Å². The Morgan fingerprint density at radius 2 is 1.91 bits per heavy atom. The van der Waals surface area contributed by atoms with Crippen LogP contribution in [-0.4, -0.2) is 33.6 Å². The van der Waals surface area contributed by atoms with Gasteiger partial charge in [0, 0.05) is 6.08 Å². The average Bonchev–Trinajstić information content (AvgIpc) is 2.79. The van der Waals surface area contributed by atoms with E-state index in [2.05, 4.69) is 0 Å². The number of imide groups is 1. The number of nitrogens with zero attached hydrogens (tertiary/aromatic N) is 1. The van der Waals surface area contributed by atoms with Crippen molar-refractivity contribution in [3.63, 3.8) is 0 Å². The summed E-state index contributed by atoms with van der Waals surface area (Å²) in [5.74, 6) is -0.988. The van der Waals surface area contributed by atoms with E-state index in [1.165, 1.54) is 36.4 Å². The molecule has 0 bridgehead atoms. The zero-order valence-electron chi connectivity index (χ0n) is 12.6. The normalized spacial score (nSPS) is 19.4. The SMILES string of the molecule is CC(C)(C)OC(=O)N1C(=O)C=C[C@@H]1[C@@H](O)c1ccc(F)cc1. The van der Waals surface area contributed by atoms with Crippen LogP contribution in [0.4, 0.5) is 9.18 Å². The quantitative estimate of drug-likeness (QED) is 0.912. The molecule has 6 heteroatoms. The molecule has 5 nitrogen and oxygen atoms in total. The van der Waals surface area contributed by atoms with Crippen LogP contribution in [0.15, 0.2) is 36.4 Å². The van der Waals surface area contributed by atoms with Crippen molar-refractivity contribution in [2.24, 2.45) is 0 Å². The van der Waals surface area contributed by atoms with Crippen LogP contribution in [0.25, 0.3) is 0 Å². The first kappa shape index (κ1) is 16.2. The molecule has 1 aromatic carbocycles. The van der Waals surface area contributed by atoms with Crippen LogP contribution in [-0.2, 0) is 9.53 Å². The number of rotatable bonds is 2. The van der Waals surface area contributed by atoms with Gasteiger partial charge >= 0.3 is 6.09 Å². The molecule has 1 aromatic rings. The second kappa shape index (κ2) is 5.88. The summed E-state index contributed by atoms with van der Waals surface area (Å²) >= 11 is 0. The Kier molecular flexibility index (Phi) is 4.32. The summed E-state index contributed by atoms with van der Waals surface area (Å²) in [5, 5.41) is 10.4. The number of benzene rings is 1. The van der Waals surface area contributed by atoms with E-state index in [4.69, 9.17) is 4.74 Å². The minimum absolute atomic E-state index is 0.402. The van der Waals surface area contributed by atoms with Gasteiger partial charge in [-0.25, -0.2) is 14.1 Å². The lowest BCUT2D eigenvalue weighted by molar-refractivity contribution is -0.126. The molecule has 0 saturated heterocycles. The van der Waals surface area contributed by atoms with Gasteiger partial charge in [0.15, 0.2) is 0 Å². The van der Waals surface area contributed by atoms with Crippen molar-refractivity contribution in [1.29, 1.82) is 0 Å². The number of aliphatic hydroxyl groups is 1. The number of ether oxygens (including phenoxy) is 1. The van der Waals surface area contributed by atoms with Gasteiger partial charge in [-0.1, -0.05) is 18.2 Å². The predicted octanol–water partition coefficient (Wildman–Crippen LogP) is 2.56. The third-order valence-electron chi connectivity index (χ3n) is 3.10. The summed E-state index contributed by atoms with van der Waals surface area (Å²) in [5.41, 5.74) is -0.356. The number of amides is 2. The van der Waals surface area contributed by atoms with Gasteiger partial charge in [0.2, 0.25) is 0 Å². The Hall–Kier alpha value is -2.21. The average molecular weight is 307 g/mol. The number of halogens is 1. The topological polar surface area (TPSA) is 66.8 Å². The second-order valence-corrected chi connectivity index (χ2v) is 6.03. The van der Waals surface area contributed by atoms with Crippen LogP contribution in [0.3, 0.4) is 0 Å². The van der Waals surface area contributed by atoms with E-state index in [9.17, 15) is 19.1 Å². The highest BCUT2D eigenvalue weighted by Crippen LogP contribution is 2.27. The van der Waals surface area contributed by atoms with Crippen LogP contribution >= 0.6 is 0 Å². The van der Waals surface area contributed by atoms with Gasteiger partial charge in [0.1, 0.15) is 17.5 Å². The highest BCUT2D eigenvalue weighted by Gasteiger charge is 2.39. The molecule has 2 atom stereocenters. The van der Waals surface area contributed by atoms with E-state index < -0.39 is 35.6 Å². The minimum Gasteiger partial charge on any atom is -0.443 e. The molecule has 0 radical (unpaired) electrons. The zero-order chi connectivity index (χ0) is 16.5. The molecule has 2 rings (SSSR count). The lowest BCUT2D eigenvalue weighted by Gasteiger charge is -2.29. The van der Waals surface area contributed by atoms with E-state index in [0.717, 1.165) is 4.90 Å². The summed E-state index contributed by atoms with van der Waals surface area (Å²) in [6.45, 7) is 5.05. The number of carbonyl (C=O) groups is 2. The summed E-state index contributed by atoms with van der Waals surface area (Å²) in [6, 6.07) is 4.34. The molecule has 118 valence electrons. The Labute approximate surface area is 128 Å². The lowest BCUT2D eigenvalue weighted by atomic mass is 10.0. The maximum absolute atomic E-state index is 12.9. The number of aliphatic hydroxyl groups excluding tert-OH is 1. The summed E-state index contributed by atoms with van der Waals surface area (Å²) in [4.78, 5) is 24.9.